The van der Waals surface area contributed by atoms with Crippen LogP contribution in [-0.4, -0.2) is 54.4 Å². The molecule has 1 fully saturated rings. The van der Waals surface area contributed by atoms with Crippen LogP contribution in [0.3, 0.4) is 0 Å². The first kappa shape index (κ1) is 21.6. The monoisotopic (exact) mass is 470 g/mol. The Morgan fingerprint density at radius 2 is 1.56 bits per heavy atom. The van der Waals surface area contributed by atoms with Crippen molar-refractivity contribution in [1.29, 1.82) is 0 Å². The number of aromatic nitrogens is 1. The van der Waals surface area contributed by atoms with Crippen LogP contribution in [0.2, 0.25) is 0 Å². The molecule has 1 aromatic heterocycles. The van der Waals surface area contributed by atoms with E-state index in [0.29, 0.717) is 0 Å². The second-order valence-corrected chi connectivity index (χ2v) is 10.2. The van der Waals surface area contributed by atoms with E-state index in [1.807, 2.05) is 17.0 Å². The zero-order valence-corrected chi connectivity index (χ0v) is 20.3. The average molecular weight is 471 g/mol. The molecule has 6 heteroatoms. The van der Waals surface area contributed by atoms with Crippen molar-refractivity contribution in [3.8, 4) is 0 Å². The van der Waals surface area contributed by atoms with Gasteiger partial charge in [-0.1, -0.05) is 49.2 Å². The molecule has 5 nitrogen and oxygen atoms in total. The number of carbonyl (C=O) groups is 1. The fourth-order valence-electron chi connectivity index (χ4n) is 5.44. The fourth-order valence-corrected chi connectivity index (χ4v) is 6.24. The molecule has 0 N–H and O–H groups in total. The molecular formula is C28H30N4OS. The normalized spacial score (nSPS) is 16.3. The standard InChI is InChI=1S/C28H30N4OS/c33-28-23-12-7-9-21-10-8-13-24(26(21)23)32(28)16-6-2-1-5-15-30-17-19-31(20-18-30)27-22-11-3-4-14-25(22)34-29-27/h3-4,7-14H,1-2,5-6,15-20H2. The van der Waals surface area contributed by atoms with E-state index in [1.165, 1.54) is 35.9 Å². The lowest BCUT2D eigenvalue weighted by molar-refractivity contribution is 0.0992. The molecule has 0 radical (unpaired) electrons. The summed E-state index contributed by atoms with van der Waals surface area (Å²) in [5, 5.41) is 3.57. The van der Waals surface area contributed by atoms with E-state index in [0.717, 1.165) is 67.0 Å². The molecule has 0 aliphatic carbocycles. The van der Waals surface area contributed by atoms with Crippen LogP contribution in [0.25, 0.3) is 20.9 Å². The minimum absolute atomic E-state index is 0.164. The molecule has 0 saturated carbocycles. The summed E-state index contributed by atoms with van der Waals surface area (Å²) in [4.78, 5) is 19.9. The number of amides is 1. The molecule has 34 heavy (non-hydrogen) atoms. The number of nitrogens with zero attached hydrogens (tertiary/aromatic N) is 4. The third-order valence-electron chi connectivity index (χ3n) is 7.29. The number of piperazine rings is 1. The quantitative estimate of drug-likeness (QED) is 0.306. The van der Waals surface area contributed by atoms with Crippen LogP contribution in [0.1, 0.15) is 36.0 Å². The van der Waals surface area contributed by atoms with Crippen molar-refractivity contribution in [3.63, 3.8) is 0 Å². The van der Waals surface area contributed by atoms with Gasteiger partial charge in [0.25, 0.3) is 5.91 Å². The molecule has 2 aliphatic heterocycles. The van der Waals surface area contributed by atoms with Gasteiger partial charge >= 0.3 is 0 Å². The molecule has 6 rings (SSSR count). The number of carbonyl (C=O) groups excluding carboxylic acids is 1. The Labute approximate surface area is 204 Å². The number of fused-ring (bicyclic) bond motifs is 1. The lowest BCUT2D eigenvalue weighted by atomic mass is 10.1. The van der Waals surface area contributed by atoms with Crippen molar-refractivity contribution in [1.82, 2.24) is 9.27 Å². The van der Waals surface area contributed by atoms with Crippen molar-refractivity contribution in [3.05, 3.63) is 66.2 Å². The maximum absolute atomic E-state index is 12.9. The van der Waals surface area contributed by atoms with Gasteiger partial charge in [0.05, 0.1) is 10.4 Å². The molecule has 0 atom stereocenters. The lowest BCUT2D eigenvalue weighted by Crippen LogP contribution is -2.46. The van der Waals surface area contributed by atoms with Crippen molar-refractivity contribution in [2.24, 2.45) is 0 Å². The van der Waals surface area contributed by atoms with E-state index in [2.05, 4.69) is 58.3 Å². The first-order valence-corrected chi connectivity index (χ1v) is 13.2. The van der Waals surface area contributed by atoms with Gasteiger partial charge in [0.1, 0.15) is 5.82 Å². The second kappa shape index (κ2) is 9.35. The molecule has 3 heterocycles. The van der Waals surface area contributed by atoms with Gasteiger partial charge in [-0.05, 0) is 60.6 Å². The number of benzene rings is 3. The highest BCUT2D eigenvalue weighted by molar-refractivity contribution is 7.13. The lowest BCUT2D eigenvalue weighted by Gasteiger charge is -2.35. The van der Waals surface area contributed by atoms with Crippen molar-refractivity contribution < 1.29 is 4.79 Å². The molecule has 0 unspecified atom stereocenters. The van der Waals surface area contributed by atoms with Crippen LogP contribution in [-0.2, 0) is 0 Å². The van der Waals surface area contributed by atoms with Crippen LogP contribution in [0.15, 0.2) is 60.7 Å². The third kappa shape index (κ3) is 3.95. The predicted octanol–water partition coefficient (Wildman–Crippen LogP) is 5.79. The maximum Gasteiger partial charge on any atom is 0.258 e. The van der Waals surface area contributed by atoms with E-state index >= 15 is 0 Å². The first-order chi connectivity index (χ1) is 16.8. The Bertz CT molecular complexity index is 1320. The van der Waals surface area contributed by atoms with E-state index < -0.39 is 0 Å². The summed E-state index contributed by atoms with van der Waals surface area (Å²) in [5.74, 6) is 1.33. The minimum Gasteiger partial charge on any atom is -0.353 e. The number of anilines is 2. The summed E-state index contributed by atoms with van der Waals surface area (Å²) >= 11 is 1.60. The Hall–Kier alpha value is -2.96. The van der Waals surface area contributed by atoms with E-state index in [4.69, 9.17) is 4.37 Å². The fraction of sp³-hybridized carbons (Fsp3) is 0.357. The Morgan fingerprint density at radius 1 is 0.794 bits per heavy atom. The summed E-state index contributed by atoms with van der Waals surface area (Å²) in [5.41, 5.74) is 1.95. The van der Waals surface area contributed by atoms with E-state index in [-0.39, 0.29) is 5.91 Å². The van der Waals surface area contributed by atoms with Crippen molar-refractivity contribution in [2.75, 3.05) is 49.1 Å². The van der Waals surface area contributed by atoms with Crippen LogP contribution < -0.4 is 9.80 Å². The summed E-state index contributed by atoms with van der Waals surface area (Å²) in [6.07, 6.45) is 4.67. The zero-order valence-electron chi connectivity index (χ0n) is 19.4. The van der Waals surface area contributed by atoms with Gasteiger partial charge in [0.15, 0.2) is 0 Å². The first-order valence-electron chi connectivity index (χ1n) is 12.4. The third-order valence-corrected chi connectivity index (χ3v) is 8.10. The highest BCUT2D eigenvalue weighted by atomic mass is 32.1. The van der Waals surface area contributed by atoms with Gasteiger partial charge in [-0.2, -0.15) is 4.37 Å². The molecule has 0 bridgehead atoms. The van der Waals surface area contributed by atoms with Gasteiger partial charge in [-0.3, -0.25) is 9.69 Å². The molecule has 174 valence electrons. The predicted molar refractivity (Wildman–Crippen MR) is 142 cm³/mol. The Kier molecular flexibility index (Phi) is 5.93. The highest BCUT2D eigenvalue weighted by Crippen LogP contribution is 2.37. The van der Waals surface area contributed by atoms with Crippen molar-refractivity contribution >= 4 is 49.8 Å². The Balaban J connectivity index is 0.933. The van der Waals surface area contributed by atoms with E-state index in [9.17, 15) is 4.79 Å². The SMILES string of the molecule is O=C1c2cccc3cccc(c23)N1CCCCCCN1CCN(c2nsc3ccccc23)CC1. The molecular weight excluding hydrogens is 440 g/mol. The summed E-state index contributed by atoms with van der Waals surface area (Å²) < 4.78 is 6.00. The summed E-state index contributed by atoms with van der Waals surface area (Å²) in [7, 11) is 0. The van der Waals surface area contributed by atoms with Gasteiger partial charge in [0, 0.05) is 49.1 Å². The van der Waals surface area contributed by atoms with Gasteiger partial charge in [0.2, 0.25) is 0 Å². The molecule has 2 aliphatic rings. The number of unbranched alkanes of at least 4 members (excludes halogenated alkanes) is 3. The summed E-state index contributed by atoms with van der Waals surface area (Å²) in [6.45, 7) is 6.30. The molecule has 0 spiro atoms. The van der Waals surface area contributed by atoms with Crippen LogP contribution >= 0.6 is 11.5 Å². The topological polar surface area (TPSA) is 39.7 Å². The molecule has 3 aromatic carbocycles. The zero-order chi connectivity index (χ0) is 22.9. The minimum atomic E-state index is 0.164. The Morgan fingerprint density at radius 3 is 2.41 bits per heavy atom. The van der Waals surface area contributed by atoms with Gasteiger partial charge in [-0.25, -0.2) is 0 Å². The second-order valence-electron chi connectivity index (χ2n) is 9.38. The number of hydrogen-bond acceptors (Lipinski definition) is 5. The molecule has 1 saturated heterocycles. The summed E-state index contributed by atoms with van der Waals surface area (Å²) in [6, 6.07) is 20.8. The average Bonchev–Trinajstić information content (AvgIpc) is 3.43. The highest BCUT2D eigenvalue weighted by Gasteiger charge is 2.28. The van der Waals surface area contributed by atoms with E-state index in [1.54, 1.807) is 11.5 Å². The van der Waals surface area contributed by atoms with Crippen molar-refractivity contribution in [2.45, 2.75) is 25.7 Å². The van der Waals surface area contributed by atoms with Gasteiger partial charge < -0.3 is 9.80 Å². The van der Waals surface area contributed by atoms with Gasteiger partial charge in [-0.15, -0.1) is 0 Å². The smallest absolute Gasteiger partial charge is 0.258 e. The van der Waals surface area contributed by atoms with Crippen LogP contribution in [0, 0.1) is 0 Å². The largest absolute Gasteiger partial charge is 0.353 e. The maximum atomic E-state index is 12.9. The molecule has 1 amide bonds. The van der Waals surface area contributed by atoms with Crippen LogP contribution in [0.5, 0.6) is 0 Å². The van der Waals surface area contributed by atoms with Crippen LogP contribution in [0.4, 0.5) is 11.5 Å². The molecule has 4 aromatic rings. The number of rotatable bonds is 8. The number of hydrogen-bond donors (Lipinski definition) is 0.